The molecule has 0 bridgehead atoms. The lowest BCUT2D eigenvalue weighted by Gasteiger charge is -2.14. The van der Waals surface area contributed by atoms with Crippen molar-refractivity contribution in [1.29, 1.82) is 0 Å². The summed E-state index contributed by atoms with van der Waals surface area (Å²) in [5.74, 6) is -0.125. The van der Waals surface area contributed by atoms with Gasteiger partial charge in [-0.1, -0.05) is 30.0 Å². The fourth-order valence-corrected chi connectivity index (χ4v) is 5.06. The quantitative estimate of drug-likeness (QED) is 0.143. The van der Waals surface area contributed by atoms with Gasteiger partial charge in [0.25, 0.3) is 5.56 Å². The maximum atomic E-state index is 13.6. The molecule has 2 aromatic heterocycles. The third-order valence-corrected chi connectivity index (χ3v) is 7.06. The van der Waals surface area contributed by atoms with Crippen LogP contribution in [0.25, 0.3) is 27.6 Å². The summed E-state index contributed by atoms with van der Waals surface area (Å²) in [5, 5.41) is 1.66. The van der Waals surface area contributed by atoms with Gasteiger partial charge in [0.05, 0.1) is 29.3 Å². The number of para-hydroxylation sites is 1. The maximum Gasteiger partial charge on any atom is 0.337 e. The zero-order chi connectivity index (χ0) is 25.4. The summed E-state index contributed by atoms with van der Waals surface area (Å²) in [6.07, 6.45) is 0. The standard InChI is InChI=1S/C28H22N2O5S/c1-16-11-22-19(14-25(31)35-24(22)12-17(16)2)15-36-28-29-23-13-18(27(33)34-3)9-10-21(23)26(32)30(28)20-7-5-4-6-8-20/h4-14H,15H2,1-3H3. The van der Waals surface area contributed by atoms with Gasteiger partial charge in [0.2, 0.25) is 0 Å². The van der Waals surface area contributed by atoms with E-state index in [0.717, 1.165) is 22.1 Å². The van der Waals surface area contributed by atoms with Crippen molar-refractivity contribution >= 4 is 39.6 Å². The molecule has 0 saturated heterocycles. The molecule has 5 aromatic rings. The summed E-state index contributed by atoms with van der Waals surface area (Å²) in [5.41, 5.74) is 4.10. The van der Waals surface area contributed by atoms with E-state index in [4.69, 9.17) is 14.1 Å². The van der Waals surface area contributed by atoms with Crippen LogP contribution >= 0.6 is 11.8 Å². The van der Waals surface area contributed by atoms with Gasteiger partial charge in [-0.05, 0) is 73.0 Å². The molecule has 3 aromatic carbocycles. The largest absolute Gasteiger partial charge is 0.465 e. The van der Waals surface area contributed by atoms with Gasteiger partial charge in [-0.3, -0.25) is 9.36 Å². The molecule has 0 amide bonds. The molecule has 2 heterocycles. The van der Waals surface area contributed by atoms with E-state index in [2.05, 4.69) is 0 Å². The van der Waals surface area contributed by atoms with Crippen LogP contribution in [0.15, 0.2) is 85.9 Å². The van der Waals surface area contributed by atoms with Crippen LogP contribution in [0.4, 0.5) is 0 Å². The number of esters is 1. The number of ether oxygens (including phenoxy) is 1. The SMILES string of the molecule is COC(=O)c1ccc2c(=O)n(-c3ccccc3)c(SCc3cc(=O)oc4cc(C)c(C)cc34)nc2c1. The minimum Gasteiger partial charge on any atom is -0.465 e. The Morgan fingerprint density at radius 3 is 2.47 bits per heavy atom. The molecule has 180 valence electrons. The fraction of sp³-hybridized carbons (Fsp3) is 0.143. The lowest BCUT2D eigenvalue weighted by atomic mass is 10.0. The first-order chi connectivity index (χ1) is 17.4. The number of methoxy groups -OCH3 is 1. The van der Waals surface area contributed by atoms with Gasteiger partial charge >= 0.3 is 11.6 Å². The molecule has 0 aliphatic rings. The average Bonchev–Trinajstić information content (AvgIpc) is 2.88. The van der Waals surface area contributed by atoms with Crippen LogP contribution in [0.3, 0.4) is 0 Å². The first kappa shape index (κ1) is 23.6. The van der Waals surface area contributed by atoms with Crippen molar-refractivity contribution < 1.29 is 13.9 Å². The molecule has 0 N–H and O–H groups in total. The second-order valence-corrected chi connectivity index (χ2v) is 9.35. The highest BCUT2D eigenvalue weighted by atomic mass is 32.2. The van der Waals surface area contributed by atoms with Crippen molar-refractivity contribution in [1.82, 2.24) is 9.55 Å². The van der Waals surface area contributed by atoms with Crippen molar-refractivity contribution in [2.24, 2.45) is 0 Å². The Morgan fingerprint density at radius 2 is 1.72 bits per heavy atom. The Kier molecular flexibility index (Phi) is 6.20. The van der Waals surface area contributed by atoms with E-state index < -0.39 is 11.6 Å². The number of benzene rings is 3. The number of aryl methyl sites for hydroxylation is 2. The van der Waals surface area contributed by atoms with E-state index in [-0.39, 0.29) is 5.56 Å². The zero-order valence-electron chi connectivity index (χ0n) is 19.9. The molecule has 0 spiro atoms. The minimum atomic E-state index is -0.506. The van der Waals surface area contributed by atoms with Crippen molar-refractivity contribution in [3.8, 4) is 5.69 Å². The Morgan fingerprint density at radius 1 is 0.972 bits per heavy atom. The van der Waals surface area contributed by atoms with Crippen LogP contribution < -0.4 is 11.2 Å². The summed E-state index contributed by atoms with van der Waals surface area (Å²) >= 11 is 1.33. The first-order valence-electron chi connectivity index (χ1n) is 11.2. The Hall–Kier alpha value is -4.17. The van der Waals surface area contributed by atoms with E-state index in [9.17, 15) is 14.4 Å². The monoisotopic (exact) mass is 498 g/mol. The zero-order valence-corrected chi connectivity index (χ0v) is 20.7. The lowest BCUT2D eigenvalue weighted by molar-refractivity contribution is 0.0601. The normalized spacial score (nSPS) is 11.2. The number of rotatable bonds is 5. The number of hydrogen-bond acceptors (Lipinski definition) is 7. The van der Waals surface area contributed by atoms with Crippen molar-refractivity contribution in [3.05, 3.63) is 110 Å². The third-order valence-electron chi connectivity index (χ3n) is 6.08. The second-order valence-electron chi connectivity index (χ2n) is 8.41. The van der Waals surface area contributed by atoms with E-state index in [1.54, 1.807) is 22.8 Å². The molecule has 36 heavy (non-hydrogen) atoms. The van der Waals surface area contributed by atoms with Gasteiger partial charge in [0.1, 0.15) is 5.58 Å². The predicted molar refractivity (Wildman–Crippen MR) is 140 cm³/mol. The predicted octanol–water partition coefficient (Wildman–Crippen LogP) is 5.19. The van der Waals surface area contributed by atoms with E-state index in [1.807, 2.05) is 56.3 Å². The van der Waals surface area contributed by atoms with Crippen LogP contribution in [-0.2, 0) is 10.5 Å². The molecule has 0 saturated carbocycles. The van der Waals surface area contributed by atoms with Crippen LogP contribution in [0.1, 0.15) is 27.0 Å². The molecule has 7 nitrogen and oxygen atoms in total. The highest BCUT2D eigenvalue weighted by Crippen LogP contribution is 2.29. The lowest BCUT2D eigenvalue weighted by Crippen LogP contribution is -2.22. The first-order valence-corrected chi connectivity index (χ1v) is 12.2. The average molecular weight is 499 g/mol. The highest BCUT2D eigenvalue weighted by molar-refractivity contribution is 7.98. The number of carbonyl (C=O) groups is 1. The van der Waals surface area contributed by atoms with E-state index in [1.165, 1.54) is 24.9 Å². The summed E-state index contributed by atoms with van der Waals surface area (Å²) < 4.78 is 11.8. The van der Waals surface area contributed by atoms with E-state index >= 15 is 0 Å². The smallest absolute Gasteiger partial charge is 0.337 e. The van der Waals surface area contributed by atoms with Crippen LogP contribution in [0.2, 0.25) is 0 Å². The number of carbonyl (C=O) groups excluding carboxylic acids is 1. The Bertz CT molecular complexity index is 1760. The summed E-state index contributed by atoms with van der Waals surface area (Å²) in [4.78, 5) is 42.7. The number of nitrogens with zero attached hydrogens (tertiary/aromatic N) is 2. The van der Waals surface area contributed by atoms with Crippen LogP contribution in [-0.4, -0.2) is 22.6 Å². The number of aromatic nitrogens is 2. The molecule has 0 unspecified atom stereocenters. The van der Waals surface area contributed by atoms with Crippen molar-refractivity contribution in [2.75, 3.05) is 7.11 Å². The van der Waals surface area contributed by atoms with Gasteiger partial charge in [0, 0.05) is 17.2 Å². The second kappa shape index (κ2) is 9.47. The van der Waals surface area contributed by atoms with Gasteiger partial charge in [-0.25, -0.2) is 14.6 Å². The topological polar surface area (TPSA) is 91.4 Å². The molecular formula is C28H22N2O5S. The Labute approximate surface area is 210 Å². The molecule has 0 radical (unpaired) electrons. The summed E-state index contributed by atoms with van der Waals surface area (Å²) in [6, 6.07) is 19.3. The molecule has 0 fully saturated rings. The van der Waals surface area contributed by atoms with E-state index in [0.29, 0.717) is 38.6 Å². The summed E-state index contributed by atoms with van der Waals surface area (Å²) in [6.45, 7) is 3.98. The molecule has 0 aliphatic heterocycles. The molecule has 5 rings (SSSR count). The fourth-order valence-electron chi connectivity index (χ4n) is 4.06. The minimum absolute atomic E-state index is 0.256. The summed E-state index contributed by atoms with van der Waals surface area (Å²) in [7, 11) is 1.30. The van der Waals surface area contributed by atoms with Gasteiger partial charge in [0.15, 0.2) is 5.16 Å². The molecule has 0 atom stereocenters. The molecular weight excluding hydrogens is 476 g/mol. The van der Waals surface area contributed by atoms with Crippen LogP contribution in [0, 0.1) is 13.8 Å². The molecule has 8 heteroatoms. The maximum absolute atomic E-state index is 13.6. The Balaban J connectivity index is 1.66. The van der Waals surface area contributed by atoms with Crippen molar-refractivity contribution in [2.45, 2.75) is 24.8 Å². The number of hydrogen-bond donors (Lipinski definition) is 0. The van der Waals surface area contributed by atoms with Gasteiger partial charge < -0.3 is 9.15 Å². The third kappa shape index (κ3) is 4.31. The highest BCUT2D eigenvalue weighted by Gasteiger charge is 2.17. The number of fused-ring (bicyclic) bond motifs is 2. The van der Waals surface area contributed by atoms with Crippen molar-refractivity contribution in [3.63, 3.8) is 0 Å². The van der Waals surface area contributed by atoms with Gasteiger partial charge in [-0.2, -0.15) is 0 Å². The number of thioether (sulfide) groups is 1. The van der Waals surface area contributed by atoms with Gasteiger partial charge in [-0.15, -0.1) is 0 Å². The van der Waals surface area contributed by atoms with Crippen LogP contribution in [0.5, 0.6) is 0 Å². The molecule has 0 aliphatic carbocycles.